The Labute approximate surface area is 265 Å². The van der Waals surface area contributed by atoms with E-state index in [0.717, 1.165) is 29.8 Å². The van der Waals surface area contributed by atoms with Gasteiger partial charge in [-0.2, -0.15) is 5.10 Å². The molecule has 246 valence electrons. The minimum absolute atomic E-state index is 0.0878. The summed E-state index contributed by atoms with van der Waals surface area (Å²) >= 11 is 0. The van der Waals surface area contributed by atoms with E-state index in [9.17, 15) is 19.2 Å². The molecule has 2 aromatic rings. The standard InChI is InChI=1S/C33H47N5O7/c1-5-44-32(42)33(19-25-8-9-25)20-26-10-11-27(43-4)28(18-26)45-21-30(40)34-13-16-37(14-6-7-29(39)35-22-33)31(41)12-15-38-24(3)17-23(2)36-38/h10-11,17-18,25H,5-9,12-16,19-22H2,1-4H3,(H,34,40)(H,35,39). The average molecular weight is 626 g/mol. The minimum atomic E-state index is -0.966. The third kappa shape index (κ3) is 9.70. The lowest BCUT2D eigenvalue weighted by Crippen LogP contribution is -2.46. The average Bonchev–Trinajstić information content (AvgIpc) is 3.77. The number of fused-ring (bicyclic) bond motifs is 2. The van der Waals surface area contributed by atoms with Crippen molar-refractivity contribution in [2.75, 3.05) is 46.5 Å². The predicted octanol–water partition coefficient (Wildman–Crippen LogP) is 2.72. The Morgan fingerprint density at radius 2 is 1.91 bits per heavy atom. The molecule has 0 saturated heterocycles. The maximum absolute atomic E-state index is 13.5. The number of hydrogen-bond donors (Lipinski definition) is 2. The molecule has 1 aliphatic heterocycles. The second-order valence-electron chi connectivity index (χ2n) is 12.1. The summed E-state index contributed by atoms with van der Waals surface area (Å²) in [6.45, 7) is 7.07. The molecule has 2 N–H and O–H groups in total. The number of aryl methyl sites for hydroxylation is 3. The van der Waals surface area contributed by atoms with E-state index in [-0.39, 0.29) is 69.4 Å². The highest BCUT2D eigenvalue weighted by molar-refractivity contribution is 5.81. The number of nitrogens with zero attached hydrogens (tertiary/aromatic N) is 3. The third-order valence-electron chi connectivity index (χ3n) is 8.37. The van der Waals surface area contributed by atoms with E-state index in [4.69, 9.17) is 14.2 Å². The number of nitrogens with one attached hydrogen (secondary N) is 2. The Morgan fingerprint density at radius 1 is 1.11 bits per heavy atom. The number of carbonyl (C=O) groups is 4. The molecule has 1 atom stereocenters. The molecule has 0 spiro atoms. The molecular weight excluding hydrogens is 578 g/mol. The highest BCUT2D eigenvalue weighted by atomic mass is 16.5. The van der Waals surface area contributed by atoms with Gasteiger partial charge in [-0.3, -0.25) is 23.9 Å². The summed E-state index contributed by atoms with van der Waals surface area (Å²) in [5.41, 5.74) is 1.71. The van der Waals surface area contributed by atoms with Crippen molar-refractivity contribution in [2.45, 2.75) is 72.3 Å². The van der Waals surface area contributed by atoms with Crippen LogP contribution in [0.15, 0.2) is 24.3 Å². The number of rotatable bonds is 8. The van der Waals surface area contributed by atoms with Crippen molar-refractivity contribution >= 4 is 23.7 Å². The Balaban J connectivity index is 1.54. The van der Waals surface area contributed by atoms with E-state index >= 15 is 0 Å². The summed E-state index contributed by atoms with van der Waals surface area (Å²) in [5.74, 6) is 0.253. The minimum Gasteiger partial charge on any atom is -0.493 e. The summed E-state index contributed by atoms with van der Waals surface area (Å²) < 4.78 is 18.7. The molecule has 12 nitrogen and oxygen atoms in total. The van der Waals surface area contributed by atoms with Crippen molar-refractivity contribution in [3.63, 3.8) is 0 Å². The van der Waals surface area contributed by atoms with Crippen LogP contribution in [0.2, 0.25) is 0 Å². The summed E-state index contributed by atoms with van der Waals surface area (Å²) in [4.78, 5) is 54.3. The first-order chi connectivity index (χ1) is 21.6. The molecule has 1 aromatic carbocycles. The van der Waals surface area contributed by atoms with Gasteiger partial charge in [0, 0.05) is 51.3 Å². The molecule has 2 heterocycles. The lowest BCUT2D eigenvalue weighted by atomic mass is 9.76. The maximum Gasteiger partial charge on any atom is 0.314 e. The largest absolute Gasteiger partial charge is 0.493 e. The molecule has 0 radical (unpaired) electrons. The monoisotopic (exact) mass is 625 g/mol. The fourth-order valence-corrected chi connectivity index (χ4v) is 5.86. The maximum atomic E-state index is 13.5. The number of esters is 1. The lowest BCUT2D eigenvalue weighted by Gasteiger charge is -2.32. The van der Waals surface area contributed by atoms with Crippen molar-refractivity contribution in [2.24, 2.45) is 11.3 Å². The lowest BCUT2D eigenvalue weighted by molar-refractivity contribution is -0.156. The molecule has 1 saturated carbocycles. The first-order valence-corrected chi connectivity index (χ1v) is 15.9. The van der Waals surface area contributed by atoms with Gasteiger partial charge >= 0.3 is 5.97 Å². The SMILES string of the molecule is CCOC(=O)C1(CC2CC2)CNC(=O)CCCN(C(=O)CCn2nc(C)cc2C)CCNC(=O)COc2cc(ccc2OC)C1. The fourth-order valence-electron chi connectivity index (χ4n) is 5.86. The molecule has 12 heteroatoms. The molecular formula is C33H47N5O7. The summed E-state index contributed by atoms with van der Waals surface area (Å²) in [6.07, 6.45) is 3.85. The molecule has 4 rings (SSSR count). The highest BCUT2D eigenvalue weighted by Crippen LogP contribution is 2.43. The van der Waals surface area contributed by atoms with Crippen molar-refractivity contribution in [1.29, 1.82) is 0 Å². The third-order valence-corrected chi connectivity index (χ3v) is 8.37. The van der Waals surface area contributed by atoms with Crippen LogP contribution in [-0.2, 0) is 36.9 Å². The molecule has 2 aliphatic rings. The van der Waals surface area contributed by atoms with Gasteiger partial charge in [-0.1, -0.05) is 18.9 Å². The normalized spacial score (nSPS) is 20.2. The highest BCUT2D eigenvalue weighted by Gasteiger charge is 2.44. The van der Waals surface area contributed by atoms with E-state index in [2.05, 4.69) is 15.7 Å². The summed E-state index contributed by atoms with van der Waals surface area (Å²) in [7, 11) is 1.52. The summed E-state index contributed by atoms with van der Waals surface area (Å²) in [6, 6.07) is 7.36. The molecule has 1 fully saturated rings. The number of aromatic nitrogens is 2. The summed E-state index contributed by atoms with van der Waals surface area (Å²) in [5, 5.41) is 10.3. The van der Waals surface area contributed by atoms with Crippen LogP contribution in [0.4, 0.5) is 0 Å². The Hall–Kier alpha value is -4.09. The topological polar surface area (TPSA) is 141 Å². The number of carbonyl (C=O) groups excluding carboxylic acids is 4. The second-order valence-corrected chi connectivity index (χ2v) is 12.1. The quantitative estimate of drug-likeness (QED) is 0.427. The van der Waals surface area contributed by atoms with Crippen molar-refractivity contribution < 1.29 is 33.4 Å². The molecule has 3 amide bonds. The molecule has 1 unspecified atom stereocenters. The van der Waals surface area contributed by atoms with Crippen LogP contribution in [0, 0.1) is 25.2 Å². The van der Waals surface area contributed by atoms with Gasteiger partial charge in [0.05, 0.1) is 24.8 Å². The van der Waals surface area contributed by atoms with E-state index < -0.39 is 5.41 Å². The van der Waals surface area contributed by atoms with Crippen molar-refractivity contribution in [1.82, 2.24) is 25.3 Å². The van der Waals surface area contributed by atoms with E-state index in [1.54, 1.807) is 24.0 Å². The number of hydrogen-bond acceptors (Lipinski definition) is 8. The van der Waals surface area contributed by atoms with Gasteiger partial charge in [-0.25, -0.2) is 0 Å². The first-order valence-electron chi connectivity index (χ1n) is 15.9. The number of amides is 3. The van der Waals surface area contributed by atoms with Gasteiger partial charge in [0.1, 0.15) is 0 Å². The van der Waals surface area contributed by atoms with Crippen LogP contribution in [0.5, 0.6) is 11.5 Å². The Kier molecular flexibility index (Phi) is 11.8. The van der Waals surface area contributed by atoms with Gasteiger partial charge in [-0.15, -0.1) is 0 Å². The Morgan fingerprint density at radius 3 is 2.60 bits per heavy atom. The van der Waals surface area contributed by atoms with Crippen LogP contribution in [0.1, 0.15) is 62.4 Å². The molecule has 1 aliphatic carbocycles. The fraction of sp³-hybridized carbons (Fsp3) is 0.606. The van der Waals surface area contributed by atoms with Crippen molar-refractivity contribution in [3.05, 3.63) is 41.2 Å². The van der Waals surface area contributed by atoms with Gasteiger partial charge in [-0.05, 0) is 69.7 Å². The van der Waals surface area contributed by atoms with Crippen LogP contribution < -0.4 is 20.1 Å². The first kappa shape index (κ1) is 33.8. The number of methoxy groups -OCH3 is 1. The van der Waals surface area contributed by atoms with E-state index in [1.807, 2.05) is 30.7 Å². The molecule has 1 aromatic heterocycles. The second kappa shape index (κ2) is 15.8. The molecule has 2 bridgehead atoms. The van der Waals surface area contributed by atoms with Crippen LogP contribution in [0.3, 0.4) is 0 Å². The number of ether oxygens (including phenoxy) is 3. The zero-order chi connectivity index (χ0) is 32.4. The zero-order valence-electron chi connectivity index (χ0n) is 27.0. The van der Waals surface area contributed by atoms with Crippen LogP contribution in [0.25, 0.3) is 0 Å². The smallest absolute Gasteiger partial charge is 0.314 e. The zero-order valence-corrected chi connectivity index (χ0v) is 27.0. The van der Waals surface area contributed by atoms with Gasteiger partial charge < -0.3 is 29.7 Å². The molecule has 45 heavy (non-hydrogen) atoms. The van der Waals surface area contributed by atoms with Gasteiger partial charge in [0.25, 0.3) is 5.91 Å². The van der Waals surface area contributed by atoms with Crippen molar-refractivity contribution in [3.8, 4) is 11.5 Å². The van der Waals surface area contributed by atoms with Gasteiger partial charge in [0.2, 0.25) is 11.8 Å². The number of benzene rings is 1. The van der Waals surface area contributed by atoms with E-state index in [0.29, 0.717) is 49.8 Å². The predicted molar refractivity (Wildman–Crippen MR) is 167 cm³/mol. The Bertz CT molecular complexity index is 1350. The van der Waals surface area contributed by atoms with Crippen LogP contribution in [-0.4, -0.2) is 84.9 Å². The van der Waals surface area contributed by atoms with Crippen LogP contribution >= 0.6 is 0 Å². The van der Waals surface area contributed by atoms with E-state index in [1.165, 1.54) is 7.11 Å². The van der Waals surface area contributed by atoms with Gasteiger partial charge in [0.15, 0.2) is 18.1 Å².